The monoisotopic (exact) mass is 635 g/mol. The number of benzene rings is 8. The van der Waals surface area contributed by atoms with Crippen LogP contribution in [0, 0.1) is 0 Å². The maximum atomic E-state index is 2.46. The van der Waals surface area contributed by atoms with E-state index in [4.69, 9.17) is 0 Å². The van der Waals surface area contributed by atoms with Crippen LogP contribution >= 0.6 is 0 Å². The lowest BCUT2D eigenvalue weighted by Gasteiger charge is -2.32. The zero-order valence-electron chi connectivity index (χ0n) is 27.5. The van der Waals surface area contributed by atoms with Gasteiger partial charge in [-0.3, -0.25) is 0 Å². The molecule has 0 heterocycles. The van der Waals surface area contributed by atoms with E-state index in [9.17, 15) is 0 Å². The maximum absolute atomic E-state index is 2.46. The highest BCUT2D eigenvalue weighted by atomic mass is 15.1. The van der Waals surface area contributed by atoms with Crippen molar-refractivity contribution in [3.8, 4) is 44.5 Å². The molecule has 0 amide bonds. The molecular weight excluding hydrogens is 603 g/mol. The molecule has 0 aromatic heterocycles. The number of hydrogen-bond acceptors (Lipinski definition) is 1. The van der Waals surface area contributed by atoms with Crippen molar-refractivity contribution < 1.29 is 0 Å². The van der Waals surface area contributed by atoms with Gasteiger partial charge in [-0.2, -0.15) is 0 Å². The summed E-state index contributed by atoms with van der Waals surface area (Å²) in [6, 6.07) is 73.3. The summed E-state index contributed by atoms with van der Waals surface area (Å²) in [6.45, 7) is 0. The van der Waals surface area contributed by atoms with Crippen LogP contribution in [0.25, 0.3) is 44.5 Å². The second-order valence-corrected chi connectivity index (χ2v) is 13.3. The molecule has 8 aromatic rings. The average molecular weight is 636 g/mol. The van der Waals surface area contributed by atoms with Crippen molar-refractivity contribution in [1.82, 2.24) is 0 Å². The van der Waals surface area contributed by atoms with Crippen LogP contribution < -0.4 is 4.90 Å². The molecule has 0 fully saturated rings. The lowest BCUT2D eigenvalue weighted by atomic mass is 9.70. The Labute approximate surface area is 293 Å². The molecule has 0 spiro atoms. The normalized spacial score (nSPS) is 14.9. The first kappa shape index (κ1) is 28.6. The Bertz CT molecular complexity index is 2420. The number of hydrogen-bond donors (Lipinski definition) is 0. The minimum absolute atomic E-state index is 0.394. The quantitative estimate of drug-likeness (QED) is 0.176. The number of anilines is 3. The molecule has 2 aliphatic carbocycles. The van der Waals surface area contributed by atoms with Crippen LogP contribution in [0.4, 0.5) is 17.1 Å². The molecule has 1 nitrogen and oxygen atoms in total. The fourth-order valence-corrected chi connectivity index (χ4v) is 8.54. The van der Waals surface area contributed by atoms with Gasteiger partial charge in [0.25, 0.3) is 0 Å². The van der Waals surface area contributed by atoms with Gasteiger partial charge in [0.15, 0.2) is 0 Å². The molecule has 234 valence electrons. The Balaban J connectivity index is 1.19. The van der Waals surface area contributed by atoms with Crippen LogP contribution in [0.5, 0.6) is 0 Å². The Morgan fingerprint density at radius 3 is 1.32 bits per heavy atom. The molecule has 0 saturated heterocycles. The van der Waals surface area contributed by atoms with Gasteiger partial charge in [0.1, 0.15) is 0 Å². The second kappa shape index (κ2) is 11.3. The van der Waals surface area contributed by atoms with E-state index in [-0.39, 0.29) is 0 Å². The van der Waals surface area contributed by atoms with E-state index in [0.717, 1.165) is 17.1 Å². The average Bonchev–Trinajstić information content (AvgIpc) is 3.68. The van der Waals surface area contributed by atoms with Crippen molar-refractivity contribution in [2.45, 2.75) is 5.41 Å². The largest absolute Gasteiger partial charge is 0.310 e. The van der Waals surface area contributed by atoms with Gasteiger partial charge >= 0.3 is 0 Å². The van der Waals surface area contributed by atoms with E-state index in [1.807, 2.05) is 0 Å². The van der Waals surface area contributed by atoms with E-state index < -0.39 is 5.41 Å². The van der Waals surface area contributed by atoms with Crippen LogP contribution in [-0.4, -0.2) is 0 Å². The fraction of sp³-hybridized carbons (Fsp3) is 0.0204. The molecular formula is C49H33N. The minimum Gasteiger partial charge on any atom is -0.310 e. The lowest BCUT2D eigenvalue weighted by molar-refractivity contribution is 0.792. The molecule has 0 aliphatic heterocycles. The lowest BCUT2D eigenvalue weighted by Crippen LogP contribution is -2.26. The summed E-state index contributed by atoms with van der Waals surface area (Å²) in [5.41, 5.74) is 18.5. The van der Waals surface area contributed by atoms with Gasteiger partial charge in [0.05, 0.1) is 5.41 Å². The van der Waals surface area contributed by atoms with Gasteiger partial charge in [-0.1, -0.05) is 164 Å². The summed E-state index contributed by atoms with van der Waals surface area (Å²) in [5.74, 6) is 0. The Kier molecular flexibility index (Phi) is 6.47. The Hall–Kier alpha value is -6.44. The van der Waals surface area contributed by atoms with Crippen LogP contribution in [0.2, 0.25) is 0 Å². The molecule has 10 rings (SSSR count). The molecule has 0 saturated carbocycles. The third kappa shape index (κ3) is 4.20. The predicted molar refractivity (Wildman–Crippen MR) is 208 cm³/mol. The smallest absolute Gasteiger partial charge is 0.0726 e. The topological polar surface area (TPSA) is 3.24 Å². The number of rotatable bonds is 6. The summed E-state index contributed by atoms with van der Waals surface area (Å²) in [5, 5.41) is 0. The second-order valence-electron chi connectivity index (χ2n) is 13.3. The molecule has 8 aromatic carbocycles. The number of fused-ring (bicyclic) bond motifs is 6. The van der Waals surface area contributed by atoms with E-state index in [1.165, 1.54) is 66.8 Å². The van der Waals surface area contributed by atoms with E-state index in [0.29, 0.717) is 0 Å². The van der Waals surface area contributed by atoms with Crippen LogP contribution in [0.15, 0.2) is 200 Å². The van der Waals surface area contributed by atoms with Crippen LogP contribution in [0.1, 0.15) is 22.3 Å². The molecule has 1 atom stereocenters. The van der Waals surface area contributed by atoms with Crippen molar-refractivity contribution in [2.75, 3.05) is 4.90 Å². The third-order valence-corrected chi connectivity index (χ3v) is 10.7. The van der Waals surface area contributed by atoms with Gasteiger partial charge in [-0.05, 0) is 103 Å². The first-order valence-electron chi connectivity index (χ1n) is 17.4. The molecule has 2 aliphatic rings. The van der Waals surface area contributed by atoms with Crippen molar-refractivity contribution >= 4 is 17.1 Å². The molecule has 0 radical (unpaired) electrons. The minimum atomic E-state index is -0.394. The summed E-state index contributed by atoms with van der Waals surface area (Å²) in [6.07, 6.45) is 0. The Morgan fingerprint density at radius 1 is 0.300 bits per heavy atom. The van der Waals surface area contributed by atoms with Gasteiger partial charge in [0.2, 0.25) is 0 Å². The van der Waals surface area contributed by atoms with Gasteiger partial charge in [-0.25, -0.2) is 0 Å². The standard InChI is InChI=1S/C49H33N/c1-4-13-34(14-5-1)36-23-27-39(28-24-36)50(40-29-25-37(26-30-40)35-15-6-2-7-16-35)41-31-32-43-45-21-12-20-44-42-19-10-11-22-46(42)49(48(44)45,47(43)33-41)38-17-8-3-9-18-38/h1-33H. The summed E-state index contributed by atoms with van der Waals surface area (Å²) < 4.78 is 0. The van der Waals surface area contributed by atoms with Crippen molar-refractivity contribution in [1.29, 1.82) is 0 Å². The molecule has 0 bridgehead atoms. The summed E-state index contributed by atoms with van der Waals surface area (Å²) in [4.78, 5) is 2.41. The van der Waals surface area contributed by atoms with Crippen molar-refractivity contribution in [3.05, 3.63) is 222 Å². The highest BCUT2D eigenvalue weighted by Crippen LogP contribution is 2.64. The van der Waals surface area contributed by atoms with Crippen molar-refractivity contribution in [2.24, 2.45) is 0 Å². The van der Waals surface area contributed by atoms with Gasteiger partial charge in [0, 0.05) is 17.1 Å². The summed E-state index contributed by atoms with van der Waals surface area (Å²) >= 11 is 0. The highest BCUT2D eigenvalue weighted by Gasteiger charge is 2.52. The zero-order chi connectivity index (χ0) is 33.1. The van der Waals surface area contributed by atoms with E-state index in [1.54, 1.807) is 0 Å². The predicted octanol–water partition coefficient (Wildman–Crippen LogP) is 12.8. The first-order chi connectivity index (χ1) is 24.8. The highest BCUT2D eigenvalue weighted by molar-refractivity contribution is 5.99. The SMILES string of the molecule is c1ccc(-c2ccc(N(c3ccc(-c4ccccc4)cc3)c3ccc4c(c3)C3(c5ccccc5)c5ccccc5-c5cccc-4c53)cc2)cc1. The first-order valence-corrected chi connectivity index (χ1v) is 17.4. The van der Waals surface area contributed by atoms with Gasteiger partial charge < -0.3 is 4.90 Å². The number of nitrogens with zero attached hydrogens (tertiary/aromatic N) is 1. The van der Waals surface area contributed by atoms with Crippen LogP contribution in [0.3, 0.4) is 0 Å². The molecule has 0 N–H and O–H groups in total. The summed E-state index contributed by atoms with van der Waals surface area (Å²) in [7, 11) is 0. The van der Waals surface area contributed by atoms with Crippen molar-refractivity contribution in [3.63, 3.8) is 0 Å². The zero-order valence-corrected chi connectivity index (χ0v) is 27.5. The molecule has 1 unspecified atom stereocenters. The van der Waals surface area contributed by atoms with Crippen LogP contribution in [-0.2, 0) is 5.41 Å². The van der Waals surface area contributed by atoms with E-state index in [2.05, 4.69) is 205 Å². The Morgan fingerprint density at radius 2 is 0.740 bits per heavy atom. The fourth-order valence-electron chi connectivity index (χ4n) is 8.54. The third-order valence-electron chi connectivity index (χ3n) is 10.7. The van der Waals surface area contributed by atoms with E-state index >= 15 is 0 Å². The van der Waals surface area contributed by atoms with Gasteiger partial charge in [-0.15, -0.1) is 0 Å². The molecule has 50 heavy (non-hydrogen) atoms. The molecule has 1 heteroatoms. The maximum Gasteiger partial charge on any atom is 0.0726 e.